The van der Waals surface area contributed by atoms with E-state index in [1.165, 1.54) is 0 Å². The lowest BCUT2D eigenvalue weighted by atomic mass is 10.1. The zero-order valence-corrected chi connectivity index (χ0v) is 16.2. The lowest BCUT2D eigenvalue weighted by Crippen LogP contribution is -2.30. The van der Waals surface area contributed by atoms with Crippen LogP contribution in [0.5, 0.6) is 11.5 Å². The number of aromatic nitrogens is 1. The second-order valence-electron chi connectivity index (χ2n) is 7.23. The second-order valence-corrected chi connectivity index (χ2v) is 7.23. The summed E-state index contributed by atoms with van der Waals surface area (Å²) in [5.74, 6) is 2.69. The van der Waals surface area contributed by atoms with E-state index in [1.54, 1.807) is 0 Å². The topological polar surface area (TPSA) is 73.6 Å². The normalized spacial score (nSPS) is 15.9. The van der Waals surface area contributed by atoms with Crippen molar-refractivity contribution in [2.24, 2.45) is 5.92 Å². The maximum atomic E-state index is 12.1. The largest absolute Gasteiger partial charge is 0.457 e. The number of ether oxygens (including phenoxy) is 2. The van der Waals surface area contributed by atoms with Gasteiger partial charge in [-0.1, -0.05) is 35.5 Å². The Kier molecular flexibility index (Phi) is 6.22. The van der Waals surface area contributed by atoms with Crippen molar-refractivity contribution in [2.75, 3.05) is 19.8 Å². The lowest BCUT2D eigenvalue weighted by Gasteiger charge is -2.08. The molecule has 6 nitrogen and oxygen atoms in total. The highest BCUT2D eigenvalue weighted by atomic mass is 16.5. The monoisotopic (exact) mass is 392 g/mol. The van der Waals surface area contributed by atoms with Gasteiger partial charge in [-0.05, 0) is 36.2 Å². The quantitative estimate of drug-likeness (QED) is 0.632. The first-order valence-electron chi connectivity index (χ1n) is 9.85. The first kappa shape index (κ1) is 19.2. The number of hydrogen-bond donors (Lipinski definition) is 1. The number of rotatable bonds is 8. The SMILES string of the molecule is O=C(Cc1cc(Cc2ccc(Oc3ccccc3)cc2)on1)NCC1CCOC1. The molecule has 1 aliphatic rings. The second kappa shape index (κ2) is 9.39. The van der Waals surface area contributed by atoms with E-state index in [0.717, 1.165) is 42.5 Å². The summed E-state index contributed by atoms with van der Waals surface area (Å²) in [5, 5.41) is 6.96. The summed E-state index contributed by atoms with van der Waals surface area (Å²) in [7, 11) is 0. The zero-order chi connectivity index (χ0) is 19.9. The minimum atomic E-state index is -0.0424. The molecule has 1 amide bonds. The van der Waals surface area contributed by atoms with Crippen LogP contribution in [-0.4, -0.2) is 30.8 Å². The third-order valence-electron chi connectivity index (χ3n) is 4.84. The third kappa shape index (κ3) is 5.68. The molecule has 2 aromatic carbocycles. The van der Waals surface area contributed by atoms with E-state index in [1.807, 2.05) is 60.7 Å². The molecule has 29 heavy (non-hydrogen) atoms. The van der Waals surface area contributed by atoms with E-state index < -0.39 is 0 Å². The van der Waals surface area contributed by atoms with Crippen LogP contribution in [0.1, 0.15) is 23.4 Å². The average molecular weight is 392 g/mol. The van der Waals surface area contributed by atoms with Crippen LogP contribution in [0.4, 0.5) is 0 Å². The number of nitrogens with one attached hydrogen (secondary N) is 1. The fraction of sp³-hybridized carbons (Fsp3) is 0.304. The highest BCUT2D eigenvalue weighted by Crippen LogP contribution is 2.22. The molecule has 1 saturated heterocycles. The van der Waals surface area contributed by atoms with Gasteiger partial charge in [-0.15, -0.1) is 0 Å². The van der Waals surface area contributed by atoms with Gasteiger partial charge >= 0.3 is 0 Å². The molecule has 6 heteroatoms. The predicted octanol–water partition coefficient (Wildman–Crippen LogP) is 3.75. The zero-order valence-electron chi connectivity index (χ0n) is 16.2. The average Bonchev–Trinajstić information content (AvgIpc) is 3.41. The summed E-state index contributed by atoms with van der Waals surface area (Å²) in [6, 6.07) is 19.4. The Morgan fingerprint density at radius 1 is 1.10 bits per heavy atom. The highest BCUT2D eigenvalue weighted by molar-refractivity contribution is 5.78. The highest BCUT2D eigenvalue weighted by Gasteiger charge is 2.17. The molecule has 1 fully saturated rings. The van der Waals surface area contributed by atoms with E-state index in [2.05, 4.69) is 10.5 Å². The molecule has 1 N–H and O–H groups in total. The minimum Gasteiger partial charge on any atom is -0.457 e. The number of benzene rings is 2. The van der Waals surface area contributed by atoms with Gasteiger partial charge in [0.25, 0.3) is 0 Å². The summed E-state index contributed by atoms with van der Waals surface area (Å²) in [4.78, 5) is 12.1. The molecule has 1 unspecified atom stereocenters. The minimum absolute atomic E-state index is 0.0424. The molecule has 4 rings (SSSR count). The first-order valence-corrected chi connectivity index (χ1v) is 9.85. The fourth-order valence-electron chi connectivity index (χ4n) is 3.25. The van der Waals surface area contributed by atoms with E-state index in [-0.39, 0.29) is 12.3 Å². The summed E-state index contributed by atoms with van der Waals surface area (Å²) < 4.78 is 16.5. The Morgan fingerprint density at radius 3 is 2.66 bits per heavy atom. The van der Waals surface area contributed by atoms with E-state index in [0.29, 0.717) is 24.6 Å². The number of carbonyl (C=O) groups excluding carboxylic acids is 1. The summed E-state index contributed by atoms with van der Waals surface area (Å²) in [6.07, 6.45) is 1.84. The standard InChI is InChI=1S/C23H24N2O4/c26-23(24-15-18-10-11-27-16-18)14-19-13-22(29-25-19)12-17-6-8-21(9-7-17)28-20-4-2-1-3-5-20/h1-9,13,18H,10-12,14-16H2,(H,24,26). The van der Waals surface area contributed by atoms with Gasteiger partial charge < -0.3 is 19.3 Å². The van der Waals surface area contributed by atoms with Crippen LogP contribution in [0.15, 0.2) is 65.2 Å². The Balaban J connectivity index is 1.26. The first-order chi connectivity index (χ1) is 14.2. The van der Waals surface area contributed by atoms with Crippen molar-refractivity contribution in [1.82, 2.24) is 10.5 Å². The molecule has 0 spiro atoms. The van der Waals surface area contributed by atoms with Crippen molar-refractivity contribution >= 4 is 5.91 Å². The lowest BCUT2D eigenvalue weighted by molar-refractivity contribution is -0.120. The molecular weight excluding hydrogens is 368 g/mol. The van der Waals surface area contributed by atoms with E-state index in [4.69, 9.17) is 14.0 Å². The van der Waals surface area contributed by atoms with Crippen LogP contribution in [0.3, 0.4) is 0 Å². The molecule has 1 aromatic heterocycles. The maximum Gasteiger partial charge on any atom is 0.226 e. The predicted molar refractivity (Wildman–Crippen MR) is 108 cm³/mol. The van der Waals surface area contributed by atoms with Crippen LogP contribution in [-0.2, 0) is 22.4 Å². The Hall–Kier alpha value is -3.12. The number of carbonyl (C=O) groups is 1. The van der Waals surface area contributed by atoms with Crippen LogP contribution < -0.4 is 10.1 Å². The molecule has 3 aromatic rings. The van der Waals surface area contributed by atoms with Gasteiger partial charge in [0.15, 0.2) is 0 Å². The van der Waals surface area contributed by atoms with Gasteiger partial charge in [0.2, 0.25) is 5.91 Å². The van der Waals surface area contributed by atoms with Gasteiger partial charge in [0, 0.05) is 31.6 Å². The Morgan fingerprint density at radius 2 is 1.90 bits per heavy atom. The van der Waals surface area contributed by atoms with Gasteiger partial charge in [-0.3, -0.25) is 4.79 Å². The van der Waals surface area contributed by atoms with Crippen molar-refractivity contribution in [2.45, 2.75) is 19.3 Å². The molecule has 0 saturated carbocycles. The third-order valence-corrected chi connectivity index (χ3v) is 4.84. The molecule has 1 atom stereocenters. The van der Waals surface area contributed by atoms with Crippen molar-refractivity contribution in [1.29, 1.82) is 0 Å². The van der Waals surface area contributed by atoms with E-state index in [9.17, 15) is 4.79 Å². The fourth-order valence-corrected chi connectivity index (χ4v) is 3.25. The molecule has 2 heterocycles. The summed E-state index contributed by atoms with van der Waals surface area (Å²) >= 11 is 0. The molecule has 150 valence electrons. The van der Waals surface area contributed by atoms with Gasteiger partial charge in [0.05, 0.1) is 18.7 Å². The van der Waals surface area contributed by atoms with Crippen molar-refractivity contribution in [3.8, 4) is 11.5 Å². The van der Waals surface area contributed by atoms with Gasteiger partial charge in [-0.2, -0.15) is 0 Å². The molecule has 0 radical (unpaired) electrons. The van der Waals surface area contributed by atoms with Crippen LogP contribution in [0.2, 0.25) is 0 Å². The Labute approximate surface area is 169 Å². The van der Waals surface area contributed by atoms with Crippen LogP contribution in [0.25, 0.3) is 0 Å². The summed E-state index contributed by atoms with van der Waals surface area (Å²) in [5.41, 5.74) is 1.72. The maximum absolute atomic E-state index is 12.1. The van der Waals surface area contributed by atoms with Crippen molar-refractivity contribution < 1.29 is 18.8 Å². The van der Waals surface area contributed by atoms with Gasteiger partial charge in [-0.25, -0.2) is 0 Å². The van der Waals surface area contributed by atoms with Crippen molar-refractivity contribution in [3.63, 3.8) is 0 Å². The van der Waals surface area contributed by atoms with E-state index >= 15 is 0 Å². The van der Waals surface area contributed by atoms with Crippen LogP contribution in [0, 0.1) is 5.92 Å². The van der Waals surface area contributed by atoms with Crippen molar-refractivity contribution in [3.05, 3.63) is 77.7 Å². The molecule has 1 aliphatic heterocycles. The Bertz CT molecular complexity index is 916. The number of amides is 1. The number of nitrogens with zero attached hydrogens (tertiary/aromatic N) is 1. The smallest absolute Gasteiger partial charge is 0.226 e. The molecular formula is C23H24N2O4. The molecule has 0 bridgehead atoms. The summed E-state index contributed by atoms with van der Waals surface area (Å²) in [6.45, 7) is 2.16. The number of para-hydroxylation sites is 1. The molecule has 0 aliphatic carbocycles. The number of hydrogen-bond acceptors (Lipinski definition) is 5. The van der Waals surface area contributed by atoms with Gasteiger partial charge in [0.1, 0.15) is 17.3 Å². The van der Waals surface area contributed by atoms with Crippen LogP contribution >= 0.6 is 0 Å².